The first kappa shape index (κ1) is 21.6. The maximum atomic E-state index is 5.46. The van der Waals surface area contributed by atoms with Crippen LogP contribution in [-0.2, 0) is 27.3 Å². The van der Waals surface area contributed by atoms with Gasteiger partial charge in [0.25, 0.3) is 0 Å². The molecule has 1 aromatic carbocycles. The van der Waals surface area contributed by atoms with Crippen molar-refractivity contribution in [3.63, 3.8) is 0 Å². The van der Waals surface area contributed by atoms with E-state index in [1.165, 1.54) is 11.1 Å². The summed E-state index contributed by atoms with van der Waals surface area (Å²) in [4.78, 5) is 6.71. The fraction of sp³-hybridized carbons (Fsp3) is 0.650. The van der Waals surface area contributed by atoms with Crippen molar-refractivity contribution in [1.82, 2.24) is 15.5 Å². The van der Waals surface area contributed by atoms with Gasteiger partial charge >= 0.3 is 0 Å². The molecule has 0 amide bonds. The molecule has 2 N–H and O–H groups in total. The van der Waals surface area contributed by atoms with E-state index in [4.69, 9.17) is 14.2 Å². The summed E-state index contributed by atoms with van der Waals surface area (Å²) in [6.45, 7) is 8.24. The number of morpholine rings is 1. The molecule has 7 heteroatoms. The summed E-state index contributed by atoms with van der Waals surface area (Å²) < 4.78 is 15.8. The van der Waals surface area contributed by atoms with Gasteiger partial charge in [-0.05, 0) is 17.5 Å². The first-order valence-electron chi connectivity index (χ1n) is 9.71. The third-order valence-electron chi connectivity index (χ3n) is 4.37. The number of ether oxygens (including phenoxy) is 3. The van der Waals surface area contributed by atoms with E-state index < -0.39 is 0 Å². The highest BCUT2D eigenvalue weighted by Crippen LogP contribution is 2.10. The standard InChI is InChI=1S/C20H34N4O3/c1-21-20(22-7-4-10-26-14-13-25-2)23-16-18-5-3-6-19(15-18)17-24-8-11-27-12-9-24/h3,5-6,15H,4,7-14,16-17H2,1-2H3,(H2,21,22,23). The van der Waals surface area contributed by atoms with Gasteiger partial charge in [-0.25, -0.2) is 0 Å². The normalized spacial score (nSPS) is 15.7. The van der Waals surface area contributed by atoms with Crippen LogP contribution in [0.4, 0.5) is 0 Å². The molecular formula is C20H34N4O3. The molecule has 0 bridgehead atoms. The van der Waals surface area contributed by atoms with Crippen LogP contribution in [0.25, 0.3) is 0 Å². The molecule has 152 valence electrons. The fourth-order valence-corrected chi connectivity index (χ4v) is 2.89. The monoisotopic (exact) mass is 378 g/mol. The van der Waals surface area contributed by atoms with E-state index in [0.717, 1.165) is 64.9 Å². The fourth-order valence-electron chi connectivity index (χ4n) is 2.89. The highest BCUT2D eigenvalue weighted by Gasteiger charge is 2.10. The van der Waals surface area contributed by atoms with Crippen LogP contribution in [0.15, 0.2) is 29.3 Å². The maximum absolute atomic E-state index is 5.46. The lowest BCUT2D eigenvalue weighted by Crippen LogP contribution is -2.37. The predicted molar refractivity (Wildman–Crippen MR) is 108 cm³/mol. The van der Waals surface area contributed by atoms with Crippen LogP contribution in [0.5, 0.6) is 0 Å². The summed E-state index contributed by atoms with van der Waals surface area (Å²) in [5.74, 6) is 0.811. The molecule has 0 spiro atoms. The van der Waals surface area contributed by atoms with Crippen molar-refractivity contribution in [2.24, 2.45) is 4.99 Å². The number of benzene rings is 1. The number of hydrogen-bond acceptors (Lipinski definition) is 5. The molecule has 1 aromatic rings. The van der Waals surface area contributed by atoms with E-state index in [-0.39, 0.29) is 0 Å². The van der Waals surface area contributed by atoms with Crippen LogP contribution in [0.1, 0.15) is 17.5 Å². The zero-order valence-corrected chi connectivity index (χ0v) is 16.7. The largest absolute Gasteiger partial charge is 0.382 e. The van der Waals surface area contributed by atoms with Crippen LogP contribution in [0, 0.1) is 0 Å². The van der Waals surface area contributed by atoms with Gasteiger partial charge in [-0.1, -0.05) is 24.3 Å². The van der Waals surface area contributed by atoms with Gasteiger partial charge in [0, 0.05) is 53.5 Å². The number of aliphatic imine (C=N–C) groups is 1. The van der Waals surface area contributed by atoms with Crippen LogP contribution in [0.3, 0.4) is 0 Å². The smallest absolute Gasteiger partial charge is 0.191 e. The molecule has 27 heavy (non-hydrogen) atoms. The molecule has 0 aliphatic carbocycles. The molecule has 0 aromatic heterocycles. The molecule has 1 saturated heterocycles. The Morgan fingerprint density at radius 1 is 1.15 bits per heavy atom. The van der Waals surface area contributed by atoms with Gasteiger partial charge in [0.2, 0.25) is 0 Å². The number of methoxy groups -OCH3 is 1. The second-order valence-electron chi connectivity index (χ2n) is 6.52. The molecule has 1 fully saturated rings. The maximum Gasteiger partial charge on any atom is 0.191 e. The number of rotatable bonds is 11. The highest BCUT2D eigenvalue weighted by molar-refractivity contribution is 5.79. The molecule has 0 saturated carbocycles. The van der Waals surface area contributed by atoms with Gasteiger partial charge in [-0.15, -0.1) is 0 Å². The summed E-state index contributed by atoms with van der Waals surface area (Å²) in [5.41, 5.74) is 2.60. The zero-order valence-electron chi connectivity index (χ0n) is 16.7. The Morgan fingerprint density at radius 3 is 2.74 bits per heavy atom. The Balaban J connectivity index is 1.67. The Kier molecular flexibility index (Phi) is 10.8. The van der Waals surface area contributed by atoms with Crippen molar-refractivity contribution >= 4 is 5.96 Å². The lowest BCUT2D eigenvalue weighted by atomic mass is 10.1. The summed E-state index contributed by atoms with van der Waals surface area (Å²) in [5, 5.41) is 6.69. The molecule has 1 aliphatic heterocycles. The lowest BCUT2D eigenvalue weighted by molar-refractivity contribution is 0.0342. The predicted octanol–water partition coefficient (Wildman–Crippen LogP) is 1.24. The average molecular weight is 379 g/mol. The topological polar surface area (TPSA) is 67.4 Å². The average Bonchev–Trinajstić information content (AvgIpc) is 2.70. The van der Waals surface area contributed by atoms with E-state index >= 15 is 0 Å². The molecule has 0 radical (unpaired) electrons. The summed E-state index contributed by atoms with van der Waals surface area (Å²) in [6, 6.07) is 8.72. The van der Waals surface area contributed by atoms with Crippen LogP contribution in [0.2, 0.25) is 0 Å². The van der Waals surface area contributed by atoms with Gasteiger partial charge in [0.05, 0.1) is 26.4 Å². The first-order chi connectivity index (χ1) is 13.3. The van der Waals surface area contributed by atoms with Gasteiger partial charge in [-0.2, -0.15) is 0 Å². The third-order valence-corrected chi connectivity index (χ3v) is 4.37. The molecule has 2 rings (SSSR count). The Bertz CT molecular complexity index is 548. The van der Waals surface area contributed by atoms with Crippen molar-refractivity contribution in [2.75, 3.05) is 66.8 Å². The van der Waals surface area contributed by atoms with Crippen LogP contribution in [-0.4, -0.2) is 77.7 Å². The van der Waals surface area contributed by atoms with Crippen LogP contribution < -0.4 is 10.6 Å². The SMILES string of the molecule is CN=C(NCCCOCCOC)NCc1cccc(CN2CCOCC2)c1. The first-order valence-corrected chi connectivity index (χ1v) is 9.71. The Morgan fingerprint density at radius 2 is 1.96 bits per heavy atom. The van der Waals surface area contributed by atoms with Gasteiger partial charge in [-0.3, -0.25) is 9.89 Å². The minimum atomic E-state index is 0.640. The molecule has 0 unspecified atom stereocenters. The van der Waals surface area contributed by atoms with Crippen molar-refractivity contribution < 1.29 is 14.2 Å². The Hall–Kier alpha value is -1.67. The van der Waals surface area contributed by atoms with Crippen molar-refractivity contribution in [3.8, 4) is 0 Å². The minimum absolute atomic E-state index is 0.640. The van der Waals surface area contributed by atoms with Gasteiger partial charge in [0.1, 0.15) is 0 Å². The number of nitrogens with zero attached hydrogens (tertiary/aromatic N) is 2. The lowest BCUT2D eigenvalue weighted by Gasteiger charge is -2.26. The quantitative estimate of drug-likeness (QED) is 0.343. The van der Waals surface area contributed by atoms with Gasteiger partial charge < -0.3 is 24.8 Å². The molecule has 0 atom stereocenters. The van der Waals surface area contributed by atoms with Crippen molar-refractivity contribution in [1.29, 1.82) is 0 Å². The van der Waals surface area contributed by atoms with E-state index in [9.17, 15) is 0 Å². The molecular weight excluding hydrogens is 344 g/mol. The third kappa shape index (κ3) is 9.19. The molecule has 7 nitrogen and oxygen atoms in total. The van der Waals surface area contributed by atoms with Gasteiger partial charge in [0.15, 0.2) is 5.96 Å². The zero-order chi connectivity index (χ0) is 19.2. The molecule has 1 aliphatic rings. The highest BCUT2D eigenvalue weighted by atomic mass is 16.5. The number of hydrogen-bond donors (Lipinski definition) is 2. The Labute approximate surface area is 163 Å². The van der Waals surface area contributed by atoms with Crippen LogP contribution >= 0.6 is 0 Å². The number of guanidine groups is 1. The second kappa shape index (κ2) is 13.5. The van der Waals surface area contributed by atoms with E-state index in [2.05, 4.69) is 44.8 Å². The van der Waals surface area contributed by atoms with E-state index in [1.54, 1.807) is 14.2 Å². The molecule has 1 heterocycles. The summed E-state index contributed by atoms with van der Waals surface area (Å²) in [7, 11) is 3.47. The van der Waals surface area contributed by atoms with Crippen molar-refractivity contribution in [3.05, 3.63) is 35.4 Å². The second-order valence-corrected chi connectivity index (χ2v) is 6.52. The van der Waals surface area contributed by atoms with Crippen molar-refractivity contribution in [2.45, 2.75) is 19.5 Å². The van der Waals surface area contributed by atoms with E-state index in [0.29, 0.717) is 13.2 Å². The summed E-state index contributed by atoms with van der Waals surface area (Å²) >= 11 is 0. The minimum Gasteiger partial charge on any atom is -0.382 e. The number of nitrogens with one attached hydrogen (secondary N) is 2. The van der Waals surface area contributed by atoms with E-state index in [1.807, 2.05) is 0 Å². The summed E-state index contributed by atoms with van der Waals surface area (Å²) in [6.07, 6.45) is 0.930.